The number of benzene rings is 1. The fourth-order valence-corrected chi connectivity index (χ4v) is 3.85. The number of carbonyl (C=O) groups is 1. The van der Waals surface area contributed by atoms with E-state index >= 15 is 0 Å². The maximum atomic E-state index is 13.0. The number of sulfonamides is 1. The van der Waals surface area contributed by atoms with Gasteiger partial charge in [-0.1, -0.05) is 0 Å². The van der Waals surface area contributed by atoms with Crippen LogP contribution in [0.5, 0.6) is 5.75 Å². The van der Waals surface area contributed by atoms with Crippen LogP contribution < -0.4 is 15.8 Å². The molecular formula is C16H25N3O5S. The molecule has 1 aliphatic heterocycles. The smallest absolute Gasteiger partial charge is 0.246 e. The van der Waals surface area contributed by atoms with Gasteiger partial charge in [-0.15, -0.1) is 0 Å². The Labute approximate surface area is 148 Å². The fraction of sp³-hybridized carbons (Fsp3) is 0.562. The monoisotopic (exact) mass is 371 g/mol. The van der Waals surface area contributed by atoms with Crippen molar-refractivity contribution in [3.63, 3.8) is 0 Å². The molecule has 9 heteroatoms. The Balaban J connectivity index is 2.39. The molecule has 2 rings (SSSR count). The van der Waals surface area contributed by atoms with E-state index in [9.17, 15) is 13.2 Å². The molecule has 1 amide bonds. The van der Waals surface area contributed by atoms with E-state index < -0.39 is 21.5 Å². The highest BCUT2D eigenvalue weighted by Crippen LogP contribution is 2.30. The minimum Gasteiger partial charge on any atom is -0.492 e. The van der Waals surface area contributed by atoms with Gasteiger partial charge in [0.2, 0.25) is 15.9 Å². The second-order valence-electron chi connectivity index (χ2n) is 6.29. The zero-order valence-electron chi connectivity index (χ0n) is 14.7. The van der Waals surface area contributed by atoms with Gasteiger partial charge >= 0.3 is 0 Å². The van der Waals surface area contributed by atoms with Gasteiger partial charge < -0.3 is 20.5 Å². The average Bonchev–Trinajstić information content (AvgIpc) is 2.56. The summed E-state index contributed by atoms with van der Waals surface area (Å²) in [5.74, 6) is -0.162. The number of ether oxygens (including phenoxy) is 2. The molecule has 3 N–H and O–H groups in total. The zero-order chi connectivity index (χ0) is 18.7. The first-order chi connectivity index (χ1) is 11.7. The van der Waals surface area contributed by atoms with Crippen LogP contribution in [0.2, 0.25) is 0 Å². The van der Waals surface area contributed by atoms with Crippen LogP contribution in [0.15, 0.2) is 23.1 Å². The van der Waals surface area contributed by atoms with Gasteiger partial charge in [0.05, 0.1) is 25.4 Å². The van der Waals surface area contributed by atoms with Crippen molar-refractivity contribution in [2.45, 2.75) is 31.2 Å². The topological polar surface area (TPSA) is 111 Å². The highest BCUT2D eigenvalue weighted by Gasteiger charge is 2.30. The number of anilines is 1. The maximum absolute atomic E-state index is 13.0. The Hall–Kier alpha value is -1.68. The van der Waals surface area contributed by atoms with Crippen molar-refractivity contribution in [3.05, 3.63) is 18.2 Å². The van der Waals surface area contributed by atoms with Gasteiger partial charge in [-0.25, -0.2) is 8.42 Å². The summed E-state index contributed by atoms with van der Waals surface area (Å²) in [6, 6.07) is 4.53. The third-order valence-corrected chi connectivity index (χ3v) is 5.59. The molecule has 1 aromatic rings. The van der Waals surface area contributed by atoms with Gasteiger partial charge in [-0.3, -0.25) is 4.79 Å². The third-order valence-electron chi connectivity index (χ3n) is 3.67. The minimum absolute atomic E-state index is 0.0175. The zero-order valence-corrected chi connectivity index (χ0v) is 15.6. The summed E-state index contributed by atoms with van der Waals surface area (Å²) < 4.78 is 38.0. The van der Waals surface area contributed by atoms with E-state index in [4.69, 9.17) is 15.2 Å². The number of rotatable bonds is 6. The van der Waals surface area contributed by atoms with Gasteiger partial charge in [0.25, 0.3) is 0 Å². The summed E-state index contributed by atoms with van der Waals surface area (Å²) in [7, 11) is -3.76. The summed E-state index contributed by atoms with van der Waals surface area (Å²) in [5.41, 5.74) is 5.03. The van der Waals surface area contributed by atoms with Crippen molar-refractivity contribution in [2.75, 3.05) is 38.2 Å². The number of hydrogen-bond acceptors (Lipinski definition) is 6. The molecule has 0 aromatic heterocycles. The molecule has 25 heavy (non-hydrogen) atoms. The molecule has 0 spiro atoms. The van der Waals surface area contributed by atoms with Gasteiger partial charge in [0.15, 0.2) is 0 Å². The summed E-state index contributed by atoms with van der Waals surface area (Å²) in [6.45, 7) is 6.50. The molecule has 1 fully saturated rings. The molecule has 8 nitrogen and oxygen atoms in total. The van der Waals surface area contributed by atoms with Crippen molar-refractivity contribution >= 4 is 21.6 Å². The van der Waals surface area contributed by atoms with Gasteiger partial charge in [0.1, 0.15) is 10.6 Å². The molecule has 1 saturated heterocycles. The Morgan fingerprint density at radius 3 is 2.56 bits per heavy atom. The Bertz CT molecular complexity index is 722. The maximum Gasteiger partial charge on any atom is 0.246 e. The molecule has 0 bridgehead atoms. The summed E-state index contributed by atoms with van der Waals surface area (Å²) in [4.78, 5) is 12.1. The van der Waals surface area contributed by atoms with Crippen LogP contribution >= 0.6 is 0 Å². The van der Waals surface area contributed by atoms with Crippen LogP contribution in [0.1, 0.15) is 20.8 Å². The number of nitrogens with zero attached hydrogens (tertiary/aromatic N) is 1. The lowest BCUT2D eigenvalue weighted by Crippen LogP contribution is -2.45. The second kappa shape index (κ2) is 7.69. The number of nitrogens with one attached hydrogen (secondary N) is 1. The number of nitrogens with two attached hydrogens (primary N) is 1. The van der Waals surface area contributed by atoms with E-state index in [1.165, 1.54) is 16.4 Å². The van der Waals surface area contributed by atoms with Crippen LogP contribution in [0.4, 0.5) is 5.69 Å². The average molecular weight is 371 g/mol. The van der Waals surface area contributed by atoms with Gasteiger partial charge in [0, 0.05) is 18.8 Å². The molecule has 140 valence electrons. The van der Waals surface area contributed by atoms with Crippen molar-refractivity contribution in [3.8, 4) is 5.75 Å². The summed E-state index contributed by atoms with van der Waals surface area (Å²) in [5, 5.41) is 2.64. The lowest BCUT2D eigenvalue weighted by molar-refractivity contribution is -0.120. The van der Waals surface area contributed by atoms with E-state index in [0.717, 1.165) is 0 Å². The van der Waals surface area contributed by atoms with Crippen molar-refractivity contribution < 1.29 is 22.7 Å². The minimum atomic E-state index is -3.76. The van der Waals surface area contributed by atoms with Gasteiger partial charge in [-0.2, -0.15) is 4.31 Å². The molecule has 0 saturated carbocycles. The SMILES string of the molecule is CCOc1ccc(NC(=O)C(C)(C)N)cc1S(=O)(=O)N1CCOCC1. The number of morpholine rings is 1. The van der Waals surface area contributed by atoms with Crippen LogP contribution in [-0.4, -0.2) is 57.1 Å². The normalized spacial score (nSPS) is 16.5. The molecular weight excluding hydrogens is 346 g/mol. The Morgan fingerprint density at radius 1 is 1.36 bits per heavy atom. The number of amides is 1. The van der Waals surface area contributed by atoms with Crippen LogP contribution in [0.25, 0.3) is 0 Å². The predicted molar refractivity (Wildman–Crippen MR) is 94.1 cm³/mol. The highest BCUT2D eigenvalue weighted by atomic mass is 32.2. The first-order valence-electron chi connectivity index (χ1n) is 8.11. The first kappa shape index (κ1) is 19.6. The molecule has 0 unspecified atom stereocenters. The van der Waals surface area contributed by atoms with E-state index in [1.54, 1.807) is 26.8 Å². The molecule has 1 aromatic carbocycles. The summed E-state index contributed by atoms with van der Waals surface area (Å²) >= 11 is 0. The second-order valence-corrected chi connectivity index (χ2v) is 8.19. The van der Waals surface area contributed by atoms with Crippen molar-refractivity contribution in [1.82, 2.24) is 4.31 Å². The van der Waals surface area contributed by atoms with E-state index in [1.807, 2.05) is 0 Å². The van der Waals surface area contributed by atoms with Crippen LogP contribution in [0, 0.1) is 0 Å². The van der Waals surface area contributed by atoms with E-state index in [-0.39, 0.29) is 23.7 Å². The molecule has 0 radical (unpaired) electrons. The summed E-state index contributed by atoms with van der Waals surface area (Å²) in [6.07, 6.45) is 0. The highest BCUT2D eigenvalue weighted by molar-refractivity contribution is 7.89. The third kappa shape index (κ3) is 4.69. The van der Waals surface area contributed by atoms with E-state index in [0.29, 0.717) is 25.5 Å². The standard InChI is InChI=1S/C16H25N3O5S/c1-4-24-13-6-5-12(18-15(20)16(2,3)17)11-14(13)25(21,22)19-7-9-23-10-8-19/h5-6,11H,4,7-10,17H2,1-3H3,(H,18,20). The largest absolute Gasteiger partial charge is 0.492 e. The van der Waals surface area contributed by atoms with Crippen LogP contribution in [0.3, 0.4) is 0 Å². The molecule has 1 heterocycles. The molecule has 0 aliphatic carbocycles. The Morgan fingerprint density at radius 2 is 2.00 bits per heavy atom. The van der Waals surface area contributed by atoms with Crippen molar-refractivity contribution in [1.29, 1.82) is 0 Å². The lowest BCUT2D eigenvalue weighted by atomic mass is 10.1. The predicted octanol–water partition coefficient (Wildman–Crippen LogP) is 0.782. The van der Waals surface area contributed by atoms with Crippen LogP contribution in [-0.2, 0) is 19.6 Å². The first-order valence-corrected chi connectivity index (χ1v) is 9.55. The fourth-order valence-electron chi connectivity index (χ4n) is 2.28. The van der Waals surface area contributed by atoms with Crippen molar-refractivity contribution in [2.24, 2.45) is 5.73 Å². The number of hydrogen-bond donors (Lipinski definition) is 2. The molecule has 0 atom stereocenters. The number of carbonyl (C=O) groups excluding carboxylic acids is 1. The van der Waals surface area contributed by atoms with E-state index in [2.05, 4.69) is 5.32 Å². The lowest BCUT2D eigenvalue weighted by Gasteiger charge is -2.27. The quantitative estimate of drug-likeness (QED) is 0.764. The Kier molecular flexibility index (Phi) is 6.04. The van der Waals surface area contributed by atoms with Gasteiger partial charge in [-0.05, 0) is 39.0 Å². The molecule has 1 aliphatic rings.